The molecule has 1 aromatic carbocycles. The topological polar surface area (TPSA) is 76.0 Å². The summed E-state index contributed by atoms with van der Waals surface area (Å²) in [6, 6.07) is 8.14. The van der Waals surface area contributed by atoms with Crippen molar-refractivity contribution in [2.45, 2.75) is 64.5 Å². The van der Waals surface area contributed by atoms with Crippen LogP contribution in [0, 0.1) is 0 Å². The first-order chi connectivity index (χ1) is 13.0. The van der Waals surface area contributed by atoms with Crippen molar-refractivity contribution in [2.24, 2.45) is 0 Å². The number of carbonyl (C=O) groups is 2. The van der Waals surface area contributed by atoms with Crippen LogP contribution in [0.5, 0.6) is 0 Å². The highest BCUT2D eigenvalue weighted by Gasteiger charge is 2.30. The Morgan fingerprint density at radius 2 is 1.85 bits per heavy atom. The van der Waals surface area contributed by atoms with Gasteiger partial charge >= 0.3 is 0 Å². The summed E-state index contributed by atoms with van der Waals surface area (Å²) in [6.45, 7) is 5.01. The van der Waals surface area contributed by atoms with Crippen LogP contribution >= 0.6 is 0 Å². The number of nitrogens with one attached hydrogen (secondary N) is 2. The molecule has 0 radical (unpaired) electrons. The molecule has 6 heteroatoms. The van der Waals surface area contributed by atoms with Gasteiger partial charge in [0.15, 0.2) is 5.82 Å². The molecule has 2 amide bonds. The van der Waals surface area contributed by atoms with Gasteiger partial charge in [-0.15, -0.1) is 0 Å². The molecule has 1 fully saturated rings. The van der Waals surface area contributed by atoms with E-state index in [4.69, 9.17) is 0 Å². The van der Waals surface area contributed by atoms with Gasteiger partial charge in [0.1, 0.15) is 5.69 Å². The Kier molecular flexibility index (Phi) is 4.72. The summed E-state index contributed by atoms with van der Waals surface area (Å²) >= 11 is 0. The van der Waals surface area contributed by atoms with E-state index >= 15 is 0 Å². The van der Waals surface area contributed by atoms with Crippen LogP contribution in [0.15, 0.2) is 24.3 Å². The molecule has 0 unspecified atom stereocenters. The lowest BCUT2D eigenvalue weighted by Gasteiger charge is -2.17. The van der Waals surface area contributed by atoms with Gasteiger partial charge in [0, 0.05) is 18.3 Å². The van der Waals surface area contributed by atoms with Crippen LogP contribution in [0.1, 0.15) is 77.8 Å². The largest absolute Gasteiger partial charge is 0.348 e. The number of rotatable bonds is 5. The molecule has 2 aromatic rings. The first kappa shape index (κ1) is 17.8. The predicted molar refractivity (Wildman–Crippen MR) is 104 cm³/mol. The predicted octanol–water partition coefficient (Wildman–Crippen LogP) is 3.49. The van der Waals surface area contributed by atoms with Gasteiger partial charge in [-0.25, -0.2) is 4.98 Å². The molecule has 0 saturated heterocycles. The van der Waals surface area contributed by atoms with Crippen molar-refractivity contribution in [3.05, 3.63) is 47.0 Å². The maximum atomic E-state index is 12.8. The molecule has 1 aromatic heterocycles. The number of imidazole rings is 1. The molecule has 0 atom stereocenters. The van der Waals surface area contributed by atoms with E-state index in [0.717, 1.165) is 50.0 Å². The van der Waals surface area contributed by atoms with Crippen LogP contribution in [0.2, 0.25) is 0 Å². The SMILES string of the molecule is CC(C)c1ccc(NC(=O)c2nc(C(=O)NC3CC3)c3n2CCCC3)cc1. The average Bonchev–Trinajstić information content (AvgIpc) is 3.38. The Morgan fingerprint density at radius 3 is 2.52 bits per heavy atom. The number of nitrogens with zero attached hydrogens (tertiary/aromatic N) is 2. The summed E-state index contributed by atoms with van der Waals surface area (Å²) in [7, 11) is 0. The van der Waals surface area contributed by atoms with Crippen LogP contribution in [0.4, 0.5) is 5.69 Å². The molecule has 1 saturated carbocycles. The molecule has 2 aliphatic rings. The lowest BCUT2D eigenvalue weighted by molar-refractivity contribution is 0.0945. The van der Waals surface area contributed by atoms with Crippen LogP contribution in [0.3, 0.4) is 0 Å². The Labute approximate surface area is 159 Å². The van der Waals surface area contributed by atoms with E-state index in [1.54, 1.807) is 0 Å². The smallest absolute Gasteiger partial charge is 0.291 e. The number of amides is 2. The Bertz CT molecular complexity index is 863. The number of benzene rings is 1. The van der Waals surface area contributed by atoms with Crippen LogP contribution in [-0.2, 0) is 13.0 Å². The molecule has 1 aliphatic carbocycles. The van der Waals surface area contributed by atoms with Crippen molar-refractivity contribution >= 4 is 17.5 Å². The number of fused-ring (bicyclic) bond motifs is 1. The number of anilines is 1. The minimum Gasteiger partial charge on any atom is -0.348 e. The minimum absolute atomic E-state index is 0.150. The van der Waals surface area contributed by atoms with Gasteiger partial charge in [-0.2, -0.15) is 0 Å². The zero-order chi connectivity index (χ0) is 19.0. The summed E-state index contributed by atoms with van der Waals surface area (Å²) in [5.74, 6) is 0.365. The van der Waals surface area contributed by atoms with Gasteiger partial charge < -0.3 is 15.2 Å². The number of carbonyl (C=O) groups excluding carboxylic acids is 2. The first-order valence-corrected chi connectivity index (χ1v) is 9.84. The lowest BCUT2D eigenvalue weighted by Crippen LogP contribution is -2.27. The summed E-state index contributed by atoms with van der Waals surface area (Å²) in [5, 5.41) is 5.92. The highest BCUT2D eigenvalue weighted by atomic mass is 16.2. The Morgan fingerprint density at radius 1 is 1.11 bits per heavy atom. The monoisotopic (exact) mass is 366 g/mol. The summed E-state index contributed by atoms with van der Waals surface area (Å²) in [5.41, 5.74) is 3.27. The van der Waals surface area contributed by atoms with E-state index in [-0.39, 0.29) is 17.9 Å². The van der Waals surface area contributed by atoms with Gasteiger partial charge in [0.25, 0.3) is 11.8 Å². The van der Waals surface area contributed by atoms with E-state index in [1.165, 1.54) is 5.56 Å². The highest BCUT2D eigenvalue weighted by molar-refractivity contribution is 6.03. The van der Waals surface area contributed by atoms with Crippen molar-refractivity contribution in [3.8, 4) is 0 Å². The fourth-order valence-corrected chi connectivity index (χ4v) is 3.52. The molecule has 0 bridgehead atoms. The molecular weight excluding hydrogens is 340 g/mol. The third kappa shape index (κ3) is 3.75. The van der Waals surface area contributed by atoms with Crippen LogP contribution in [-0.4, -0.2) is 27.4 Å². The van der Waals surface area contributed by atoms with Gasteiger partial charge in [-0.3, -0.25) is 9.59 Å². The Hall–Kier alpha value is -2.63. The average molecular weight is 366 g/mol. The summed E-state index contributed by atoms with van der Waals surface area (Å²) in [6.07, 6.45) is 4.86. The van der Waals surface area contributed by atoms with Crippen molar-refractivity contribution in [1.29, 1.82) is 0 Å². The van der Waals surface area contributed by atoms with E-state index in [9.17, 15) is 9.59 Å². The van der Waals surface area contributed by atoms with Crippen molar-refractivity contribution < 1.29 is 9.59 Å². The molecule has 2 heterocycles. The number of hydrogen-bond donors (Lipinski definition) is 2. The summed E-state index contributed by atoms with van der Waals surface area (Å²) in [4.78, 5) is 29.8. The molecule has 2 N–H and O–H groups in total. The third-order valence-corrected chi connectivity index (χ3v) is 5.28. The van der Waals surface area contributed by atoms with E-state index in [0.29, 0.717) is 17.4 Å². The van der Waals surface area contributed by atoms with Gasteiger partial charge in [0.05, 0.1) is 5.69 Å². The molecule has 0 spiro atoms. The zero-order valence-electron chi connectivity index (χ0n) is 15.9. The van der Waals surface area contributed by atoms with Gasteiger partial charge in [0.2, 0.25) is 0 Å². The van der Waals surface area contributed by atoms with E-state index in [1.807, 2.05) is 28.8 Å². The molecule has 27 heavy (non-hydrogen) atoms. The lowest BCUT2D eigenvalue weighted by atomic mass is 10.0. The second-order valence-corrected chi connectivity index (χ2v) is 7.82. The second-order valence-electron chi connectivity index (χ2n) is 7.82. The quantitative estimate of drug-likeness (QED) is 0.850. The van der Waals surface area contributed by atoms with Gasteiger partial charge in [-0.1, -0.05) is 26.0 Å². The maximum absolute atomic E-state index is 12.8. The first-order valence-electron chi connectivity index (χ1n) is 9.84. The van der Waals surface area contributed by atoms with Crippen LogP contribution in [0.25, 0.3) is 0 Å². The van der Waals surface area contributed by atoms with Crippen molar-refractivity contribution in [3.63, 3.8) is 0 Å². The van der Waals surface area contributed by atoms with E-state index in [2.05, 4.69) is 29.5 Å². The maximum Gasteiger partial charge on any atom is 0.291 e. The molecule has 4 rings (SSSR count). The van der Waals surface area contributed by atoms with Crippen LogP contribution < -0.4 is 10.6 Å². The standard InChI is InChI=1S/C21H26N4O2/c1-13(2)14-6-8-15(9-7-14)23-21(27)19-24-18(20(26)22-16-10-11-16)17-5-3-4-12-25(17)19/h6-9,13,16H,3-5,10-12H2,1-2H3,(H,22,26)(H,23,27). The van der Waals surface area contributed by atoms with Crippen molar-refractivity contribution in [1.82, 2.24) is 14.9 Å². The molecule has 1 aliphatic heterocycles. The van der Waals surface area contributed by atoms with Gasteiger partial charge in [-0.05, 0) is 55.7 Å². The normalized spacial score (nSPS) is 16.1. The highest BCUT2D eigenvalue weighted by Crippen LogP contribution is 2.24. The van der Waals surface area contributed by atoms with Crippen molar-refractivity contribution in [2.75, 3.05) is 5.32 Å². The minimum atomic E-state index is -0.263. The Balaban J connectivity index is 1.57. The molecule has 142 valence electrons. The van der Waals surface area contributed by atoms with E-state index < -0.39 is 0 Å². The zero-order valence-corrected chi connectivity index (χ0v) is 15.9. The molecular formula is C21H26N4O2. The number of aromatic nitrogens is 2. The second kappa shape index (κ2) is 7.18. The third-order valence-electron chi connectivity index (χ3n) is 5.28. The fraction of sp³-hybridized carbons (Fsp3) is 0.476. The summed E-state index contributed by atoms with van der Waals surface area (Å²) < 4.78 is 1.92. The molecule has 6 nitrogen and oxygen atoms in total. The fourth-order valence-electron chi connectivity index (χ4n) is 3.52. The number of hydrogen-bond acceptors (Lipinski definition) is 3.